The fraction of sp³-hybridized carbons (Fsp3) is 0.357. The van der Waals surface area contributed by atoms with Crippen LogP contribution in [-0.2, 0) is 0 Å². The third-order valence-corrected chi connectivity index (χ3v) is 4.47. The zero-order valence-electron chi connectivity index (χ0n) is 11.2. The van der Waals surface area contributed by atoms with Crippen molar-refractivity contribution in [3.63, 3.8) is 0 Å². The summed E-state index contributed by atoms with van der Waals surface area (Å²) >= 11 is 5.22. The summed E-state index contributed by atoms with van der Waals surface area (Å²) in [5, 5.41) is 6.48. The van der Waals surface area contributed by atoms with Crippen LogP contribution in [-0.4, -0.2) is 18.6 Å². The van der Waals surface area contributed by atoms with Crippen LogP contribution in [0.15, 0.2) is 28.1 Å². The molecule has 0 aliphatic heterocycles. The molecule has 0 amide bonds. The molecule has 2 rings (SSSR count). The minimum atomic E-state index is 0.277. The highest BCUT2D eigenvalue weighted by molar-refractivity contribution is 9.10. The second-order valence-corrected chi connectivity index (χ2v) is 5.92. The van der Waals surface area contributed by atoms with Crippen LogP contribution in [0.4, 0.5) is 0 Å². The number of methoxy groups -OCH3 is 1. The first-order valence-corrected chi connectivity index (χ1v) is 7.85. The van der Waals surface area contributed by atoms with E-state index in [0.717, 1.165) is 33.0 Å². The van der Waals surface area contributed by atoms with Gasteiger partial charge in [-0.05, 0) is 31.7 Å². The number of nitrogens with one attached hydrogen (secondary N) is 1. The summed E-state index contributed by atoms with van der Waals surface area (Å²) in [6, 6.07) is 6.20. The van der Waals surface area contributed by atoms with Gasteiger partial charge in [-0.1, -0.05) is 22.9 Å². The Morgan fingerprint density at radius 1 is 1.47 bits per heavy atom. The van der Waals surface area contributed by atoms with Crippen molar-refractivity contribution in [2.24, 2.45) is 0 Å². The molecular formula is C14H17BrN2OS. The van der Waals surface area contributed by atoms with E-state index < -0.39 is 0 Å². The lowest BCUT2D eigenvalue weighted by molar-refractivity contribution is 0.415. The monoisotopic (exact) mass is 340 g/mol. The van der Waals surface area contributed by atoms with E-state index in [-0.39, 0.29) is 6.04 Å². The van der Waals surface area contributed by atoms with Gasteiger partial charge >= 0.3 is 0 Å². The largest absolute Gasteiger partial charge is 0.497 e. The van der Waals surface area contributed by atoms with Crippen LogP contribution in [0.25, 0.3) is 10.6 Å². The lowest BCUT2D eigenvalue weighted by Crippen LogP contribution is -2.17. The van der Waals surface area contributed by atoms with Gasteiger partial charge in [0.15, 0.2) is 0 Å². The van der Waals surface area contributed by atoms with Crippen LogP contribution in [0.1, 0.15) is 25.6 Å². The van der Waals surface area contributed by atoms with Crippen LogP contribution >= 0.6 is 27.3 Å². The molecular weight excluding hydrogens is 324 g/mol. The maximum Gasteiger partial charge on any atom is 0.124 e. The number of halogens is 1. The lowest BCUT2D eigenvalue weighted by atomic mass is 10.2. The normalized spacial score (nSPS) is 12.4. The maximum absolute atomic E-state index is 5.27. The van der Waals surface area contributed by atoms with E-state index in [1.165, 1.54) is 0 Å². The van der Waals surface area contributed by atoms with Crippen molar-refractivity contribution in [1.82, 2.24) is 10.3 Å². The topological polar surface area (TPSA) is 34.1 Å². The fourth-order valence-electron chi connectivity index (χ4n) is 1.81. The molecule has 19 heavy (non-hydrogen) atoms. The molecule has 1 unspecified atom stereocenters. The highest BCUT2D eigenvalue weighted by atomic mass is 79.9. The molecule has 0 bridgehead atoms. The van der Waals surface area contributed by atoms with Crippen molar-refractivity contribution in [1.29, 1.82) is 0 Å². The number of benzene rings is 1. The van der Waals surface area contributed by atoms with Gasteiger partial charge in [0, 0.05) is 21.5 Å². The van der Waals surface area contributed by atoms with Crippen LogP contribution in [0.5, 0.6) is 5.75 Å². The Morgan fingerprint density at radius 2 is 2.26 bits per heavy atom. The first-order valence-electron chi connectivity index (χ1n) is 6.18. The molecule has 1 aromatic carbocycles. The Morgan fingerprint density at radius 3 is 2.95 bits per heavy atom. The van der Waals surface area contributed by atoms with Crippen molar-refractivity contribution in [2.75, 3.05) is 13.7 Å². The molecule has 1 N–H and O–H groups in total. The Kier molecular flexibility index (Phi) is 4.96. The quantitative estimate of drug-likeness (QED) is 0.883. The Bertz CT molecular complexity index is 556. The summed E-state index contributed by atoms with van der Waals surface area (Å²) in [7, 11) is 1.67. The summed E-state index contributed by atoms with van der Waals surface area (Å²) in [6.45, 7) is 5.17. The Labute approximate surface area is 126 Å². The van der Waals surface area contributed by atoms with E-state index >= 15 is 0 Å². The van der Waals surface area contributed by atoms with Gasteiger partial charge < -0.3 is 10.1 Å². The number of ether oxygens (including phenoxy) is 1. The Balaban J connectivity index is 2.32. The van der Waals surface area contributed by atoms with Crippen LogP contribution < -0.4 is 10.1 Å². The molecule has 1 atom stereocenters. The van der Waals surface area contributed by atoms with Crippen molar-refractivity contribution in [3.8, 4) is 16.3 Å². The first kappa shape index (κ1) is 14.5. The Hall–Kier alpha value is -0.910. The van der Waals surface area contributed by atoms with Crippen LogP contribution in [0.3, 0.4) is 0 Å². The van der Waals surface area contributed by atoms with Crippen molar-refractivity contribution >= 4 is 27.3 Å². The van der Waals surface area contributed by atoms with E-state index in [2.05, 4.69) is 40.5 Å². The number of hydrogen-bond donors (Lipinski definition) is 1. The van der Waals surface area contributed by atoms with E-state index in [1.54, 1.807) is 18.4 Å². The van der Waals surface area contributed by atoms with E-state index in [1.807, 2.05) is 18.2 Å². The average molecular weight is 341 g/mol. The summed E-state index contributed by atoms with van der Waals surface area (Å²) in [6.07, 6.45) is 0. The summed E-state index contributed by atoms with van der Waals surface area (Å²) in [4.78, 5) is 4.71. The zero-order chi connectivity index (χ0) is 13.8. The summed E-state index contributed by atoms with van der Waals surface area (Å²) < 4.78 is 6.30. The molecule has 0 radical (unpaired) electrons. The molecule has 3 nitrogen and oxygen atoms in total. The molecule has 0 spiro atoms. The van der Waals surface area contributed by atoms with Crippen LogP contribution in [0, 0.1) is 0 Å². The SMILES string of the molecule is CCNC(C)c1csc(-c2cc(OC)ccc2Br)n1. The van der Waals surface area contributed by atoms with Crippen LogP contribution in [0.2, 0.25) is 0 Å². The third-order valence-electron chi connectivity index (χ3n) is 2.88. The van der Waals surface area contributed by atoms with Crippen molar-refractivity contribution in [2.45, 2.75) is 19.9 Å². The average Bonchev–Trinajstić information content (AvgIpc) is 2.89. The number of hydrogen-bond acceptors (Lipinski definition) is 4. The summed E-state index contributed by atoms with van der Waals surface area (Å²) in [5.74, 6) is 0.842. The predicted molar refractivity (Wildman–Crippen MR) is 83.9 cm³/mol. The van der Waals surface area contributed by atoms with Gasteiger partial charge in [-0.15, -0.1) is 11.3 Å². The first-order chi connectivity index (χ1) is 9.15. The van der Waals surface area contributed by atoms with Gasteiger partial charge in [-0.25, -0.2) is 4.98 Å². The number of rotatable bonds is 5. The molecule has 0 aliphatic rings. The second-order valence-electron chi connectivity index (χ2n) is 4.20. The molecule has 1 aromatic heterocycles. The minimum absolute atomic E-state index is 0.277. The molecule has 2 aromatic rings. The standard InChI is InChI=1S/C14H17BrN2OS/c1-4-16-9(2)13-8-19-14(17-13)11-7-10(18-3)5-6-12(11)15/h5-9,16H,4H2,1-3H3. The van der Waals surface area contributed by atoms with Gasteiger partial charge in [0.05, 0.1) is 12.8 Å². The second kappa shape index (κ2) is 6.50. The molecule has 1 heterocycles. The minimum Gasteiger partial charge on any atom is -0.497 e. The van der Waals surface area contributed by atoms with E-state index in [0.29, 0.717) is 0 Å². The number of aromatic nitrogens is 1. The smallest absolute Gasteiger partial charge is 0.124 e. The number of thiazole rings is 1. The van der Waals surface area contributed by atoms with Gasteiger partial charge in [0.1, 0.15) is 10.8 Å². The zero-order valence-corrected chi connectivity index (χ0v) is 13.6. The molecule has 0 aliphatic carbocycles. The highest BCUT2D eigenvalue weighted by Gasteiger charge is 2.12. The molecule has 0 saturated heterocycles. The molecule has 102 valence electrons. The van der Waals surface area contributed by atoms with Gasteiger partial charge in [0.25, 0.3) is 0 Å². The highest BCUT2D eigenvalue weighted by Crippen LogP contribution is 2.34. The molecule has 5 heteroatoms. The third kappa shape index (κ3) is 3.35. The lowest BCUT2D eigenvalue weighted by Gasteiger charge is -2.08. The van der Waals surface area contributed by atoms with Crippen molar-refractivity contribution in [3.05, 3.63) is 33.7 Å². The molecule has 0 saturated carbocycles. The predicted octanol–water partition coefficient (Wildman–Crippen LogP) is 4.25. The molecule has 0 fully saturated rings. The van der Waals surface area contributed by atoms with Gasteiger partial charge in [-0.3, -0.25) is 0 Å². The van der Waals surface area contributed by atoms with Crippen molar-refractivity contribution < 1.29 is 4.74 Å². The van der Waals surface area contributed by atoms with E-state index in [9.17, 15) is 0 Å². The van der Waals surface area contributed by atoms with Gasteiger partial charge in [-0.2, -0.15) is 0 Å². The number of nitrogens with zero attached hydrogens (tertiary/aromatic N) is 1. The maximum atomic E-state index is 5.27. The fourth-order valence-corrected chi connectivity index (χ4v) is 3.32. The van der Waals surface area contributed by atoms with Gasteiger partial charge in [0.2, 0.25) is 0 Å². The van der Waals surface area contributed by atoms with E-state index in [4.69, 9.17) is 9.72 Å². The summed E-state index contributed by atoms with van der Waals surface area (Å²) in [5.41, 5.74) is 2.15.